The van der Waals surface area contributed by atoms with E-state index in [9.17, 15) is 0 Å². The molecule has 3 aliphatic heterocycles. The SMILES string of the molecule is c1ccc(-c2nc(N3c4ccccc4C(c4ccccc4)(c4ccccc4)c4ccccc43)c(N3c4ccccc4C(c4ccccc4)(c4ccccc4)c4ccccc43)c(-c3ccc(-c4ccccn4)cc3)c2N2c3ccccc3C(c3ccccc3)(c3ccccc3)c3ccccc32)cc1. The number of aromatic nitrogens is 2. The first-order valence-electron chi connectivity index (χ1n) is 35.1. The average molecular weight is 1300 g/mol. The molecule has 2 aromatic heterocycles. The molecule has 5 heterocycles. The summed E-state index contributed by atoms with van der Waals surface area (Å²) in [6.07, 6.45) is 1.88. The van der Waals surface area contributed by atoms with Gasteiger partial charge in [0.15, 0.2) is 5.82 Å². The first-order chi connectivity index (χ1) is 50.7. The molecule has 0 unspecified atom stereocenters. The van der Waals surface area contributed by atoms with E-state index in [0.29, 0.717) is 0 Å². The summed E-state index contributed by atoms with van der Waals surface area (Å²) in [5, 5.41) is 0. The minimum absolute atomic E-state index is 0.744. The topological polar surface area (TPSA) is 35.5 Å². The van der Waals surface area contributed by atoms with Gasteiger partial charge in [-0.15, -0.1) is 0 Å². The third kappa shape index (κ3) is 8.97. The fraction of sp³-hybridized carbons (Fsp3) is 0.0309. The number of para-hydroxylation sites is 6. The van der Waals surface area contributed by atoms with E-state index in [1.807, 2.05) is 12.3 Å². The van der Waals surface area contributed by atoms with Gasteiger partial charge < -0.3 is 9.80 Å². The number of hydrogen-bond acceptors (Lipinski definition) is 5. The van der Waals surface area contributed by atoms with Gasteiger partial charge in [0.2, 0.25) is 0 Å². The third-order valence-corrected chi connectivity index (χ3v) is 21.5. The summed E-state index contributed by atoms with van der Waals surface area (Å²) >= 11 is 0. The Morgan fingerprint density at radius 3 is 0.784 bits per heavy atom. The minimum atomic E-state index is -0.796. The van der Waals surface area contributed by atoms with Gasteiger partial charge in [-0.25, -0.2) is 4.98 Å². The lowest BCUT2D eigenvalue weighted by molar-refractivity contribution is 0.727. The summed E-state index contributed by atoms with van der Waals surface area (Å²) in [5.74, 6) is 0.744. The second-order valence-corrected chi connectivity index (χ2v) is 26.6. The molecular weight excluding hydrogens is 1240 g/mol. The van der Waals surface area contributed by atoms with Crippen LogP contribution in [0.4, 0.5) is 51.3 Å². The number of benzene rings is 14. The molecule has 0 bridgehead atoms. The Morgan fingerprint density at radius 2 is 0.471 bits per heavy atom. The van der Waals surface area contributed by atoms with Gasteiger partial charge in [-0.1, -0.05) is 352 Å². The zero-order valence-corrected chi connectivity index (χ0v) is 55.9. The molecule has 480 valence electrons. The van der Waals surface area contributed by atoms with Gasteiger partial charge in [-0.05, 0) is 121 Å². The lowest BCUT2D eigenvalue weighted by Crippen LogP contribution is -2.40. The van der Waals surface area contributed by atoms with Crippen LogP contribution >= 0.6 is 0 Å². The van der Waals surface area contributed by atoms with Crippen molar-refractivity contribution in [1.82, 2.24) is 9.97 Å². The number of pyridine rings is 2. The van der Waals surface area contributed by atoms with Gasteiger partial charge in [-0.2, -0.15) is 0 Å². The number of anilines is 9. The molecule has 0 N–H and O–H groups in total. The Bertz CT molecular complexity index is 5490. The van der Waals surface area contributed by atoms with Crippen LogP contribution in [0.2, 0.25) is 0 Å². The molecule has 19 rings (SSSR count). The normalized spacial score (nSPS) is 14.1. The van der Waals surface area contributed by atoms with Crippen LogP contribution in [-0.4, -0.2) is 9.97 Å². The van der Waals surface area contributed by atoms with E-state index in [0.717, 1.165) is 118 Å². The monoisotopic (exact) mass is 1300 g/mol. The highest BCUT2D eigenvalue weighted by atomic mass is 15.3. The van der Waals surface area contributed by atoms with Crippen molar-refractivity contribution in [3.05, 3.63) is 473 Å². The van der Waals surface area contributed by atoms with E-state index in [2.05, 4.69) is 409 Å². The molecule has 0 spiro atoms. The van der Waals surface area contributed by atoms with Gasteiger partial charge in [-0.3, -0.25) is 9.88 Å². The van der Waals surface area contributed by atoms with Crippen LogP contribution in [0.5, 0.6) is 0 Å². The number of rotatable bonds is 12. The van der Waals surface area contributed by atoms with Crippen molar-refractivity contribution in [1.29, 1.82) is 0 Å². The maximum Gasteiger partial charge on any atom is 0.163 e. The fourth-order valence-electron chi connectivity index (χ4n) is 17.5. The molecule has 14 aromatic carbocycles. The van der Waals surface area contributed by atoms with Gasteiger partial charge >= 0.3 is 0 Å². The molecule has 5 heteroatoms. The molecule has 0 atom stereocenters. The molecule has 16 aromatic rings. The number of hydrogen-bond donors (Lipinski definition) is 0. The highest BCUT2D eigenvalue weighted by Crippen LogP contribution is 2.67. The Morgan fingerprint density at radius 1 is 0.206 bits per heavy atom. The third-order valence-electron chi connectivity index (χ3n) is 21.5. The van der Waals surface area contributed by atoms with Crippen LogP contribution in [0.3, 0.4) is 0 Å². The number of nitrogens with zero attached hydrogens (tertiary/aromatic N) is 5. The van der Waals surface area contributed by atoms with Crippen LogP contribution in [0.1, 0.15) is 66.8 Å². The smallest absolute Gasteiger partial charge is 0.163 e. The highest BCUT2D eigenvalue weighted by molar-refractivity contribution is 6.12. The Labute approximate surface area is 595 Å². The molecule has 0 amide bonds. The van der Waals surface area contributed by atoms with Gasteiger partial charge in [0.05, 0.1) is 73.1 Å². The maximum atomic E-state index is 6.69. The second kappa shape index (κ2) is 24.6. The Hall–Kier alpha value is -13.2. The van der Waals surface area contributed by atoms with Crippen molar-refractivity contribution >= 4 is 51.3 Å². The molecule has 0 saturated heterocycles. The van der Waals surface area contributed by atoms with E-state index >= 15 is 0 Å². The zero-order valence-electron chi connectivity index (χ0n) is 55.9. The first kappa shape index (κ1) is 60.0. The van der Waals surface area contributed by atoms with Crippen molar-refractivity contribution in [2.45, 2.75) is 16.2 Å². The van der Waals surface area contributed by atoms with Crippen LogP contribution in [0.25, 0.3) is 33.6 Å². The summed E-state index contributed by atoms with van der Waals surface area (Å²) in [5.41, 5.74) is 25.0. The second-order valence-electron chi connectivity index (χ2n) is 26.6. The van der Waals surface area contributed by atoms with E-state index < -0.39 is 16.2 Å². The molecule has 5 nitrogen and oxygen atoms in total. The van der Waals surface area contributed by atoms with Crippen LogP contribution in [-0.2, 0) is 16.2 Å². The Kier molecular flexibility index (Phi) is 14.5. The van der Waals surface area contributed by atoms with E-state index in [-0.39, 0.29) is 0 Å². The standard InChI is InChI=1S/C97H67N5/c1-8-36-70(37-9-1)91-92(100-84-57-28-22-50-77(84)95(71-38-10-2-11-39-71,72-40-12-3-13-41-72)78-51-23-29-58-85(78)100)90(69-65-63-68(64-66-69)83-56-34-35-67-98-83)93(101-86-59-30-24-52-79(86)96(73-42-14-4-15-43-73,74-44-16-5-17-45-74)80-53-25-31-60-87(80)101)94(99-91)102-88-61-32-26-54-81(88)97(75-46-18-6-19-47-75,76-48-20-7-21-49-76)82-55-27-33-62-89(82)102/h1-67H. The van der Waals surface area contributed by atoms with Crippen molar-refractivity contribution in [3.8, 4) is 33.6 Å². The maximum absolute atomic E-state index is 6.69. The predicted octanol–water partition coefficient (Wildman–Crippen LogP) is 24.0. The summed E-state index contributed by atoms with van der Waals surface area (Å²) in [6, 6.07) is 148. The van der Waals surface area contributed by atoms with Crippen molar-refractivity contribution in [2.75, 3.05) is 14.7 Å². The summed E-state index contributed by atoms with van der Waals surface area (Å²) < 4.78 is 0. The van der Waals surface area contributed by atoms with Crippen LogP contribution < -0.4 is 14.7 Å². The quantitative estimate of drug-likeness (QED) is 0.122. The molecule has 0 saturated carbocycles. The van der Waals surface area contributed by atoms with Crippen molar-refractivity contribution in [2.24, 2.45) is 0 Å². The fourth-order valence-corrected chi connectivity index (χ4v) is 17.5. The lowest BCUT2D eigenvalue weighted by Gasteiger charge is -2.50. The first-order valence-corrected chi connectivity index (χ1v) is 35.1. The van der Waals surface area contributed by atoms with Crippen LogP contribution in [0.15, 0.2) is 407 Å². The molecule has 0 fully saturated rings. The van der Waals surface area contributed by atoms with Crippen LogP contribution in [0, 0.1) is 0 Å². The minimum Gasteiger partial charge on any atom is -0.307 e. The molecule has 102 heavy (non-hydrogen) atoms. The van der Waals surface area contributed by atoms with Gasteiger partial charge in [0.25, 0.3) is 0 Å². The lowest BCUT2D eigenvalue weighted by atomic mass is 9.62. The summed E-state index contributed by atoms with van der Waals surface area (Å²) in [6.45, 7) is 0. The molecule has 3 aliphatic rings. The summed E-state index contributed by atoms with van der Waals surface area (Å²) in [4.78, 5) is 19.3. The highest BCUT2D eigenvalue weighted by Gasteiger charge is 2.53. The predicted molar refractivity (Wildman–Crippen MR) is 418 cm³/mol. The van der Waals surface area contributed by atoms with Gasteiger partial charge in [0, 0.05) is 22.9 Å². The average Bonchev–Trinajstić information content (AvgIpc) is 0.690. The van der Waals surface area contributed by atoms with E-state index in [1.54, 1.807) is 0 Å². The number of fused-ring (bicyclic) bond motifs is 6. The summed E-state index contributed by atoms with van der Waals surface area (Å²) in [7, 11) is 0. The van der Waals surface area contributed by atoms with Crippen molar-refractivity contribution < 1.29 is 0 Å². The Balaban J connectivity index is 1.03. The molecule has 0 aliphatic carbocycles. The van der Waals surface area contributed by atoms with E-state index in [4.69, 9.17) is 9.97 Å². The largest absolute Gasteiger partial charge is 0.307 e. The van der Waals surface area contributed by atoms with Gasteiger partial charge in [0.1, 0.15) is 0 Å². The van der Waals surface area contributed by atoms with Crippen molar-refractivity contribution in [3.63, 3.8) is 0 Å². The molecule has 0 radical (unpaired) electrons. The zero-order chi connectivity index (χ0) is 67.6. The molecular formula is C97H67N5. The van der Waals surface area contributed by atoms with E-state index in [1.165, 1.54) is 33.4 Å².